The number of nitrogens with zero attached hydrogens (tertiary/aromatic N) is 4. The van der Waals surface area contributed by atoms with Gasteiger partial charge in [0.25, 0.3) is 0 Å². The fraction of sp³-hybridized carbons (Fsp3) is 0.520. The summed E-state index contributed by atoms with van der Waals surface area (Å²) in [5.74, 6) is 1.37. The minimum absolute atomic E-state index is 0.0797. The Morgan fingerprint density at radius 2 is 2.00 bits per heavy atom. The molecule has 7 nitrogen and oxygen atoms in total. The van der Waals surface area contributed by atoms with Crippen molar-refractivity contribution in [3.63, 3.8) is 0 Å². The smallest absolute Gasteiger partial charge is 0.236 e. The summed E-state index contributed by atoms with van der Waals surface area (Å²) >= 11 is 0. The van der Waals surface area contributed by atoms with Gasteiger partial charge in [-0.1, -0.05) is 37.2 Å². The van der Waals surface area contributed by atoms with Gasteiger partial charge in [-0.25, -0.2) is 0 Å². The van der Waals surface area contributed by atoms with Crippen molar-refractivity contribution >= 4 is 16.8 Å². The van der Waals surface area contributed by atoms with E-state index in [-0.39, 0.29) is 12.0 Å². The molecular weight excluding hydrogens is 404 g/mol. The van der Waals surface area contributed by atoms with Crippen LogP contribution in [0.2, 0.25) is 0 Å². The van der Waals surface area contributed by atoms with Crippen molar-refractivity contribution in [2.24, 2.45) is 13.0 Å². The average Bonchev–Trinajstić information content (AvgIpc) is 3.18. The number of ether oxygens (including phenoxy) is 1. The lowest BCUT2D eigenvalue weighted by atomic mass is 10.1. The van der Waals surface area contributed by atoms with E-state index in [2.05, 4.69) is 66.0 Å². The van der Waals surface area contributed by atoms with Crippen LogP contribution >= 0.6 is 0 Å². The van der Waals surface area contributed by atoms with Gasteiger partial charge in [0.2, 0.25) is 5.91 Å². The van der Waals surface area contributed by atoms with Gasteiger partial charge in [0.1, 0.15) is 5.76 Å². The summed E-state index contributed by atoms with van der Waals surface area (Å²) < 4.78 is 13.8. The topological polar surface area (TPSA) is 63.7 Å². The Balaban J connectivity index is 1.54. The molecule has 2 aromatic heterocycles. The van der Waals surface area contributed by atoms with Gasteiger partial charge in [-0.3, -0.25) is 9.69 Å². The van der Waals surface area contributed by atoms with Crippen LogP contribution in [0.4, 0.5) is 0 Å². The molecular formula is C25H34N4O3. The molecule has 1 atom stereocenters. The van der Waals surface area contributed by atoms with Crippen LogP contribution in [0.3, 0.4) is 0 Å². The lowest BCUT2D eigenvalue weighted by Crippen LogP contribution is -2.40. The molecule has 0 spiro atoms. The zero-order valence-electron chi connectivity index (χ0n) is 19.8. The molecule has 3 heterocycles. The quantitative estimate of drug-likeness (QED) is 0.563. The van der Waals surface area contributed by atoms with Gasteiger partial charge in [0, 0.05) is 55.9 Å². The Morgan fingerprint density at radius 1 is 1.22 bits per heavy atom. The number of aryl methyl sites for hydroxylation is 3. The molecule has 1 aliphatic heterocycles. The number of benzene rings is 1. The van der Waals surface area contributed by atoms with Crippen LogP contribution in [0.25, 0.3) is 10.9 Å². The predicted octanol–water partition coefficient (Wildman–Crippen LogP) is 3.67. The zero-order chi connectivity index (χ0) is 22.8. The number of hydrogen-bond donors (Lipinski definition) is 0. The van der Waals surface area contributed by atoms with Crippen molar-refractivity contribution in [2.75, 3.05) is 26.2 Å². The van der Waals surface area contributed by atoms with Crippen molar-refractivity contribution in [3.8, 4) is 0 Å². The number of aromatic nitrogens is 2. The van der Waals surface area contributed by atoms with Crippen molar-refractivity contribution in [1.82, 2.24) is 19.5 Å². The maximum Gasteiger partial charge on any atom is 0.236 e. The second kappa shape index (κ2) is 9.46. The van der Waals surface area contributed by atoms with Crippen LogP contribution in [0, 0.1) is 19.8 Å². The highest BCUT2D eigenvalue weighted by Crippen LogP contribution is 2.23. The SMILES string of the molecule is Cc1noc(C)c1COC1CN(Cc2cn(C)c3ccccc23)CC(=O)N(CC(C)C)C1. The molecule has 0 aliphatic carbocycles. The van der Waals surface area contributed by atoms with Crippen molar-refractivity contribution in [3.05, 3.63) is 53.0 Å². The van der Waals surface area contributed by atoms with Crippen LogP contribution in [0.5, 0.6) is 0 Å². The van der Waals surface area contributed by atoms with Gasteiger partial charge in [-0.05, 0) is 31.4 Å². The first-order valence-corrected chi connectivity index (χ1v) is 11.4. The Hall–Kier alpha value is -2.64. The van der Waals surface area contributed by atoms with Crippen LogP contribution in [0.15, 0.2) is 35.0 Å². The molecule has 1 aliphatic rings. The summed E-state index contributed by atoms with van der Waals surface area (Å²) in [6.45, 7) is 11.7. The van der Waals surface area contributed by atoms with Crippen LogP contribution < -0.4 is 0 Å². The average molecular weight is 439 g/mol. The maximum atomic E-state index is 13.1. The lowest BCUT2D eigenvalue weighted by Gasteiger charge is -2.26. The van der Waals surface area contributed by atoms with E-state index in [1.165, 1.54) is 16.5 Å². The third-order valence-electron chi connectivity index (χ3n) is 6.20. The van der Waals surface area contributed by atoms with Gasteiger partial charge in [0.15, 0.2) is 0 Å². The fourth-order valence-electron chi connectivity index (χ4n) is 4.59. The number of fused-ring (bicyclic) bond motifs is 1. The van der Waals surface area contributed by atoms with E-state index in [1.54, 1.807) is 0 Å². The monoisotopic (exact) mass is 438 g/mol. The molecule has 1 amide bonds. The van der Waals surface area contributed by atoms with E-state index in [1.807, 2.05) is 18.7 Å². The fourth-order valence-corrected chi connectivity index (χ4v) is 4.59. The van der Waals surface area contributed by atoms with Crippen LogP contribution in [0.1, 0.15) is 36.4 Å². The number of para-hydroxylation sites is 1. The number of carbonyl (C=O) groups excluding carboxylic acids is 1. The summed E-state index contributed by atoms with van der Waals surface area (Å²) in [7, 11) is 2.07. The van der Waals surface area contributed by atoms with Crippen LogP contribution in [-0.4, -0.2) is 57.7 Å². The van der Waals surface area contributed by atoms with E-state index < -0.39 is 0 Å². The second-order valence-electron chi connectivity index (χ2n) is 9.38. The van der Waals surface area contributed by atoms with Gasteiger partial charge < -0.3 is 18.7 Å². The summed E-state index contributed by atoms with van der Waals surface area (Å²) in [6.07, 6.45) is 2.09. The van der Waals surface area contributed by atoms with Gasteiger partial charge in [0.05, 0.1) is 24.9 Å². The first kappa shape index (κ1) is 22.6. The minimum Gasteiger partial charge on any atom is -0.370 e. The Kier molecular flexibility index (Phi) is 6.67. The van der Waals surface area contributed by atoms with Crippen molar-refractivity contribution in [1.29, 1.82) is 0 Å². The highest BCUT2D eigenvalue weighted by Gasteiger charge is 2.29. The van der Waals surface area contributed by atoms with Gasteiger partial charge in [-0.2, -0.15) is 0 Å². The first-order valence-electron chi connectivity index (χ1n) is 11.4. The molecule has 1 aromatic carbocycles. The molecule has 3 aromatic rings. The van der Waals surface area contributed by atoms with E-state index in [9.17, 15) is 4.79 Å². The lowest BCUT2D eigenvalue weighted by molar-refractivity contribution is -0.132. The Labute approximate surface area is 189 Å². The summed E-state index contributed by atoms with van der Waals surface area (Å²) in [4.78, 5) is 17.3. The summed E-state index contributed by atoms with van der Waals surface area (Å²) in [5, 5.41) is 5.27. The Bertz CT molecular complexity index is 1060. The molecule has 0 radical (unpaired) electrons. The van der Waals surface area contributed by atoms with Gasteiger partial charge in [-0.15, -0.1) is 0 Å². The molecule has 1 saturated heterocycles. The van der Waals surface area contributed by atoms with E-state index in [0.29, 0.717) is 38.7 Å². The highest BCUT2D eigenvalue weighted by atomic mass is 16.5. The number of hydrogen-bond acceptors (Lipinski definition) is 5. The summed E-state index contributed by atoms with van der Waals surface area (Å²) in [6, 6.07) is 8.41. The van der Waals surface area contributed by atoms with E-state index in [4.69, 9.17) is 9.26 Å². The molecule has 0 bridgehead atoms. The van der Waals surface area contributed by atoms with Crippen LogP contribution in [-0.2, 0) is 29.7 Å². The first-order chi connectivity index (χ1) is 15.3. The maximum absolute atomic E-state index is 13.1. The molecule has 0 saturated carbocycles. The molecule has 32 heavy (non-hydrogen) atoms. The number of amides is 1. The molecule has 4 rings (SSSR count). The standard InChI is InChI=1S/C25H34N4O3/c1-17(2)10-29-14-21(31-16-23-18(3)26-32-19(23)4)13-28(15-25(29)30)12-20-11-27(5)24-9-7-6-8-22(20)24/h6-9,11,17,21H,10,12-16H2,1-5H3. The van der Waals surface area contributed by atoms with E-state index in [0.717, 1.165) is 23.6 Å². The number of rotatable bonds is 7. The molecule has 7 heteroatoms. The third kappa shape index (κ3) is 4.89. The zero-order valence-corrected chi connectivity index (χ0v) is 19.8. The molecule has 1 unspecified atom stereocenters. The normalized spacial score (nSPS) is 18.1. The van der Waals surface area contributed by atoms with E-state index >= 15 is 0 Å². The van der Waals surface area contributed by atoms with Crippen molar-refractivity contribution in [2.45, 2.75) is 47.0 Å². The second-order valence-corrected chi connectivity index (χ2v) is 9.38. The third-order valence-corrected chi connectivity index (χ3v) is 6.20. The molecule has 172 valence electrons. The number of carbonyl (C=O) groups is 1. The minimum atomic E-state index is -0.0797. The van der Waals surface area contributed by atoms with Crippen molar-refractivity contribution < 1.29 is 14.1 Å². The van der Waals surface area contributed by atoms with Gasteiger partial charge >= 0.3 is 0 Å². The largest absolute Gasteiger partial charge is 0.370 e. The molecule has 0 N–H and O–H groups in total. The predicted molar refractivity (Wildman–Crippen MR) is 124 cm³/mol. The highest BCUT2D eigenvalue weighted by molar-refractivity contribution is 5.84. The Morgan fingerprint density at radius 3 is 2.72 bits per heavy atom. The summed E-state index contributed by atoms with van der Waals surface area (Å²) in [5.41, 5.74) is 4.30. The molecule has 1 fully saturated rings.